The number of nitrogens with one attached hydrogen (secondary N) is 1. The standard InChI is InChI=1S/C19H26N8O3S/c1-25-6-5-16(12-25)30-18-14(9-20)10-21-19(24-18)23-15-3-7-27(8-4-15)31(28,29)17-11-22-26(2)13-17/h10-11,13,15-16H,3-8,12H2,1-2H3,(H,21,23,24)/t16-/m1/s1. The maximum atomic E-state index is 12.7. The highest BCUT2D eigenvalue weighted by Gasteiger charge is 2.31. The van der Waals surface area contributed by atoms with Crippen LogP contribution in [0.1, 0.15) is 24.8 Å². The summed E-state index contributed by atoms with van der Waals surface area (Å²) in [5, 5.41) is 16.6. The van der Waals surface area contributed by atoms with E-state index in [1.54, 1.807) is 7.05 Å². The molecule has 4 heterocycles. The van der Waals surface area contributed by atoms with Crippen LogP contribution in [0.25, 0.3) is 0 Å². The number of aromatic nitrogens is 4. The Morgan fingerprint density at radius 3 is 2.58 bits per heavy atom. The molecular weight excluding hydrogens is 420 g/mol. The Kier molecular flexibility index (Phi) is 6.08. The van der Waals surface area contributed by atoms with Gasteiger partial charge in [-0.3, -0.25) is 4.68 Å². The topological polar surface area (TPSA) is 129 Å². The van der Waals surface area contributed by atoms with E-state index in [-0.39, 0.29) is 22.9 Å². The maximum absolute atomic E-state index is 12.7. The summed E-state index contributed by atoms with van der Waals surface area (Å²) in [5.41, 5.74) is 0.303. The smallest absolute Gasteiger partial charge is 0.246 e. The van der Waals surface area contributed by atoms with Crippen molar-refractivity contribution in [2.45, 2.75) is 36.3 Å². The van der Waals surface area contributed by atoms with Crippen molar-refractivity contribution in [3.05, 3.63) is 24.2 Å². The number of piperidine rings is 1. The largest absolute Gasteiger partial charge is 0.472 e. The maximum Gasteiger partial charge on any atom is 0.246 e. The fourth-order valence-corrected chi connectivity index (χ4v) is 5.31. The van der Waals surface area contributed by atoms with Crippen molar-refractivity contribution >= 4 is 16.0 Å². The number of nitriles is 1. The summed E-state index contributed by atoms with van der Waals surface area (Å²) in [6, 6.07) is 2.11. The molecule has 12 heteroatoms. The van der Waals surface area contributed by atoms with Crippen LogP contribution in [-0.2, 0) is 17.1 Å². The predicted molar refractivity (Wildman–Crippen MR) is 112 cm³/mol. The Labute approximate surface area is 181 Å². The van der Waals surface area contributed by atoms with Crippen molar-refractivity contribution in [1.29, 1.82) is 5.26 Å². The summed E-state index contributed by atoms with van der Waals surface area (Å²) >= 11 is 0. The van der Waals surface area contributed by atoms with Gasteiger partial charge in [0, 0.05) is 45.5 Å². The monoisotopic (exact) mass is 446 g/mol. The fourth-order valence-electron chi connectivity index (χ4n) is 3.86. The molecule has 0 radical (unpaired) electrons. The zero-order chi connectivity index (χ0) is 22.0. The number of nitrogens with zero attached hydrogens (tertiary/aromatic N) is 7. The summed E-state index contributed by atoms with van der Waals surface area (Å²) in [6.07, 6.45) is 6.46. The lowest BCUT2D eigenvalue weighted by molar-refractivity contribution is 0.199. The minimum atomic E-state index is -3.54. The summed E-state index contributed by atoms with van der Waals surface area (Å²) in [7, 11) is 0.180. The molecule has 2 fully saturated rings. The van der Waals surface area contributed by atoms with Gasteiger partial charge >= 0.3 is 0 Å². The molecule has 2 aromatic rings. The molecule has 1 N–H and O–H groups in total. The van der Waals surface area contributed by atoms with Gasteiger partial charge in [-0.25, -0.2) is 13.4 Å². The van der Waals surface area contributed by atoms with Crippen molar-refractivity contribution in [3.63, 3.8) is 0 Å². The van der Waals surface area contributed by atoms with E-state index in [9.17, 15) is 13.7 Å². The van der Waals surface area contributed by atoms with E-state index >= 15 is 0 Å². The van der Waals surface area contributed by atoms with Crippen molar-refractivity contribution < 1.29 is 13.2 Å². The zero-order valence-corrected chi connectivity index (χ0v) is 18.4. The van der Waals surface area contributed by atoms with Gasteiger partial charge in [0.05, 0.1) is 12.4 Å². The number of likely N-dealkylation sites (N-methyl/N-ethyl adjacent to an activating group) is 1. The van der Waals surface area contributed by atoms with Crippen molar-refractivity contribution in [2.24, 2.45) is 7.05 Å². The van der Waals surface area contributed by atoms with Gasteiger partial charge in [-0.1, -0.05) is 0 Å². The van der Waals surface area contributed by atoms with Crippen LogP contribution in [-0.4, -0.2) is 82.7 Å². The van der Waals surface area contributed by atoms with Crippen LogP contribution in [0.15, 0.2) is 23.5 Å². The number of likely N-dealkylation sites (tertiary alicyclic amines) is 1. The first-order valence-corrected chi connectivity index (χ1v) is 11.7. The Morgan fingerprint density at radius 2 is 1.97 bits per heavy atom. The highest BCUT2D eigenvalue weighted by molar-refractivity contribution is 7.89. The Morgan fingerprint density at radius 1 is 1.19 bits per heavy atom. The molecule has 2 aromatic heterocycles. The highest BCUT2D eigenvalue weighted by atomic mass is 32.2. The van der Waals surface area contributed by atoms with Gasteiger partial charge in [0.15, 0.2) is 0 Å². The third-order valence-corrected chi connectivity index (χ3v) is 7.46. The quantitative estimate of drug-likeness (QED) is 0.671. The van der Waals surface area contributed by atoms with E-state index in [2.05, 4.69) is 31.4 Å². The van der Waals surface area contributed by atoms with Crippen LogP contribution >= 0.6 is 0 Å². The van der Waals surface area contributed by atoms with Crippen LogP contribution in [0.2, 0.25) is 0 Å². The third-order valence-electron chi connectivity index (χ3n) is 5.61. The van der Waals surface area contributed by atoms with Gasteiger partial charge in [0.1, 0.15) is 22.6 Å². The molecule has 0 spiro atoms. The number of rotatable bonds is 6. The molecule has 0 aliphatic carbocycles. The summed E-state index contributed by atoms with van der Waals surface area (Å²) in [6.45, 7) is 2.52. The first kappa shape index (κ1) is 21.5. The molecule has 2 aliphatic rings. The van der Waals surface area contributed by atoms with Crippen LogP contribution in [0, 0.1) is 11.3 Å². The number of sulfonamides is 1. The average molecular weight is 447 g/mol. The molecule has 31 heavy (non-hydrogen) atoms. The number of aryl methyl sites for hydroxylation is 1. The lowest BCUT2D eigenvalue weighted by Gasteiger charge is -2.31. The lowest BCUT2D eigenvalue weighted by atomic mass is 10.1. The Bertz CT molecular complexity index is 1070. The minimum Gasteiger partial charge on any atom is -0.472 e. The Balaban J connectivity index is 1.38. The van der Waals surface area contributed by atoms with E-state index in [1.165, 1.54) is 27.6 Å². The lowest BCUT2D eigenvalue weighted by Crippen LogP contribution is -2.42. The van der Waals surface area contributed by atoms with Crippen LogP contribution in [0.3, 0.4) is 0 Å². The minimum absolute atomic E-state index is 0.000715. The van der Waals surface area contributed by atoms with E-state index in [4.69, 9.17) is 4.74 Å². The van der Waals surface area contributed by atoms with Gasteiger partial charge in [0.25, 0.3) is 0 Å². The first-order valence-electron chi connectivity index (χ1n) is 10.2. The molecule has 1 atom stereocenters. The van der Waals surface area contributed by atoms with Gasteiger partial charge in [-0.15, -0.1) is 0 Å². The zero-order valence-electron chi connectivity index (χ0n) is 17.6. The molecule has 4 rings (SSSR count). The predicted octanol–water partition coefficient (Wildman–Crippen LogP) is 0.430. The van der Waals surface area contributed by atoms with Crippen molar-refractivity contribution in [3.8, 4) is 11.9 Å². The van der Waals surface area contributed by atoms with Gasteiger partial charge in [0.2, 0.25) is 21.9 Å². The molecule has 0 saturated carbocycles. The third kappa shape index (κ3) is 4.79. The van der Waals surface area contributed by atoms with E-state index in [1.807, 2.05) is 7.05 Å². The van der Waals surface area contributed by atoms with E-state index in [0.29, 0.717) is 37.4 Å². The second kappa shape index (κ2) is 8.78. The second-order valence-electron chi connectivity index (χ2n) is 7.99. The van der Waals surface area contributed by atoms with Gasteiger partial charge < -0.3 is 15.0 Å². The molecule has 0 amide bonds. The molecule has 0 unspecified atom stereocenters. The second-order valence-corrected chi connectivity index (χ2v) is 9.93. The Hall–Kier alpha value is -2.75. The first-order chi connectivity index (χ1) is 14.8. The summed E-state index contributed by atoms with van der Waals surface area (Å²) < 4.78 is 34.4. The van der Waals surface area contributed by atoms with Crippen molar-refractivity contribution in [1.82, 2.24) is 29.0 Å². The molecule has 2 saturated heterocycles. The SMILES string of the molecule is CN1CC[C@@H](Oc2nc(NC3CCN(S(=O)(=O)c4cnn(C)c4)CC3)ncc2C#N)C1. The number of anilines is 1. The molecule has 11 nitrogen and oxygen atoms in total. The molecular formula is C19H26N8O3S. The summed E-state index contributed by atoms with van der Waals surface area (Å²) in [4.78, 5) is 11.0. The van der Waals surface area contributed by atoms with Gasteiger partial charge in [-0.2, -0.15) is 19.6 Å². The van der Waals surface area contributed by atoms with E-state index in [0.717, 1.165) is 19.5 Å². The van der Waals surface area contributed by atoms with Crippen LogP contribution < -0.4 is 10.1 Å². The number of hydrogen-bond donors (Lipinski definition) is 1. The molecule has 2 aliphatic heterocycles. The molecule has 166 valence electrons. The van der Waals surface area contributed by atoms with E-state index < -0.39 is 10.0 Å². The number of hydrogen-bond acceptors (Lipinski definition) is 9. The fraction of sp³-hybridized carbons (Fsp3) is 0.579. The number of ether oxygens (including phenoxy) is 1. The average Bonchev–Trinajstić information content (AvgIpc) is 3.37. The van der Waals surface area contributed by atoms with Crippen molar-refractivity contribution in [2.75, 3.05) is 38.5 Å². The van der Waals surface area contributed by atoms with Gasteiger partial charge in [-0.05, 0) is 26.3 Å². The van der Waals surface area contributed by atoms with Crippen LogP contribution in [0.4, 0.5) is 5.95 Å². The van der Waals surface area contributed by atoms with Crippen LogP contribution in [0.5, 0.6) is 5.88 Å². The molecule has 0 bridgehead atoms. The normalized spacial score (nSPS) is 21.1. The summed E-state index contributed by atoms with van der Waals surface area (Å²) in [5.74, 6) is 0.672. The molecule has 0 aromatic carbocycles. The highest BCUT2D eigenvalue weighted by Crippen LogP contribution is 2.24.